The molecule has 0 saturated carbocycles. The van der Waals surface area contributed by atoms with Gasteiger partial charge in [0, 0.05) is 50.3 Å². The number of amides is 2. The van der Waals surface area contributed by atoms with Crippen LogP contribution in [-0.4, -0.2) is 66.6 Å². The molecule has 5 nitrogen and oxygen atoms in total. The maximum Gasteiger partial charge on any atom is 0.234 e. The Kier molecular flexibility index (Phi) is 6.92. The first-order chi connectivity index (χ1) is 11.0. The number of hydrogen-bond acceptors (Lipinski definition) is 4. The predicted octanol–water partition coefficient (Wildman–Crippen LogP) is 1.37. The van der Waals surface area contributed by atoms with E-state index in [1.54, 1.807) is 18.7 Å². The van der Waals surface area contributed by atoms with Crippen LogP contribution in [0.25, 0.3) is 0 Å². The summed E-state index contributed by atoms with van der Waals surface area (Å²) in [4.78, 5) is 28.4. The van der Waals surface area contributed by atoms with E-state index in [0.717, 1.165) is 18.8 Å². The van der Waals surface area contributed by atoms with E-state index in [1.807, 2.05) is 4.90 Å². The van der Waals surface area contributed by atoms with Gasteiger partial charge in [-0.2, -0.15) is 0 Å². The number of rotatable bonds is 6. The second-order valence-electron chi connectivity index (χ2n) is 5.79. The predicted molar refractivity (Wildman–Crippen MR) is 93.6 cm³/mol. The lowest BCUT2D eigenvalue weighted by molar-refractivity contribution is -0.130. The van der Waals surface area contributed by atoms with Gasteiger partial charge in [0.05, 0.1) is 6.54 Å². The van der Waals surface area contributed by atoms with Crippen LogP contribution in [0.5, 0.6) is 0 Å². The molecule has 23 heavy (non-hydrogen) atoms. The van der Waals surface area contributed by atoms with Gasteiger partial charge in [0.25, 0.3) is 0 Å². The summed E-state index contributed by atoms with van der Waals surface area (Å²) in [5, 5.41) is 2.96. The highest BCUT2D eigenvalue weighted by Gasteiger charge is 2.19. The summed E-state index contributed by atoms with van der Waals surface area (Å²) in [5.41, 5.74) is 1.26. The molecule has 2 amide bonds. The minimum Gasteiger partial charge on any atom is -0.354 e. The lowest BCUT2D eigenvalue weighted by Gasteiger charge is -2.33. The Bertz CT molecular complexity index is 525. The molecule has 126 valence electrons. The molecule has 1 fully saturated rings. The van der Waals surface area contributed by atoms with Gasteiger partial charge in [-0.05, 0) is 19.1 Å². The van der Waals surface area contributed by atoms with Crippen molar-refractivity contribution in [2.75, 3.05) is 45.0 Å². The van der Waals surface area contributed by atoms with Crippen LogP contribution < -0.4 is 5.32 Å². The Morgan fingerprint density at radius 1 is 1.13 bits per heavy atom. The zero-order valence-electron chi connectivity index (χ0n) is 13.9. The van der Waals surface area contributed by atoms with E-state index in [2.05, 4.69) is 41.4 Å². The van der Waals surface area contributed by atoms with E-state index in [4.69, 9.17) is 0 Å². The normalized spacial score (nSPS) is 15.5. The fourth-order valence-corrected chi connectivity index (χ4v) is 3.24. The van der Waals surface area contributed by atoms with Crippen LogP contribution >= 0.6 is 11.8 Å². The summed E-state index contributed by atoms with van der Waals surface area (Å²) < 4.78 is 0. The number of aryl methyl sites for hydroxylation is 1. The number of carbonyl (C=O) groups is 2. The average molecular weight is 335 g/mol. The molecule has 6 heteroatoms. The molecular formula is C17H25N3O2S. The molecule has 1 N–H and O–H groups in total. The number of piperazine rings is 1. The number of nitrogens with zero attached hydrogens (tertiary/aromatic N) is 2. The first-order valence-electron chi connectivity index (χ1n) is 7.98. The molecule has 1 aliphatic rings. The Hall–Kier alpha value is -1.53. The zero-order chi connectivity index (χ0) is 16.7. The third kappa shape index (κ3) is 6.23. The third-order valence-corrected chi connectivity index (χ3v) is 4.91. The molecule has 0 aromatic heterocycles. The van der Waals surface area contributed by atoms with Crippen molar-refractivity contribution in [3.8, 4) is 0 Å². The van der Waals surface area contributed by atoms with Gasteiger partial charge >= 0.3 is 0 Å². The Labute approximate surface area is 142 Å². The van der Waals surface area contributed by atoms with Gasteiger partial charge in [-0.3, -0.25) is 14.5 Å². The summed E-state index contributed by atoms with van der Waals surface area (Å²) in [6.07, 6.45) is 0. The van der Waals surface area contributed by atoms with Gasteiger partial charge in [0.15, 0.2) is 0 Å². The molecule has 1 saturated heterocycles. The lowest BCUT2D eigenvalue weighted by atomic mass is 10.2. The zero-order valence-corrected chi connectivity index (χ0v) is 14.7. The molecule has 1 heterocycles. The molecular weight excluding hydrogens is 310 g/mol. The molecule has 1 aliphatic heterocycles. The van der Waals surface area contributed by atoms with Gasteiger partial charge in [0.2, 0.25) is 11.8 Å². The second kappa shape index (κ2) is 8.93. The molecule has 0 unspecified atom stereocenters. The fraction of sp³-hybridized carbons (Fsp3) is 0.529. The van der Waals surface area contributed by atoms with Crippen molar-refractivity contribution in [2.45, 2.75) is 18.7 Å². The van der Waals surface area contributed by atoms with E-state index in [-0.39, 0.29) is 11.8 Å². The Morgan fingerprint density at radius 3 is 2.39 bits per heavy atom. The van der Waals surface area contributed by atoms with Crippen molar-refractivity contribution in [3.63, 3.8) is 0 Å². The first-order valence-corrected chi connectivity index (χ1v) is 8.97. The number of benzene rings is 1. The minimum absolute atomic E-state index is 0.0609. The van der Waals surface area contributed by atoms with E-state index < -0.39 is 0 Å². The maximum atomic E-state index is 11.9. The average Bonchev–Trinajstić information content (AvgIpc) is 2.54. The van der Waals surface area contributed by atoms with E-state index >= 15 is 0 Å². The summed E-state index contributed by atoms with van der Waals surface area (Å²) in [6, 6.07) is 8.41. The van der Waals surface area contributed by atoms with Gasteiger partial charge in [-0.15, -0.1) is 11.8 Å². The molecule has 2 rings (SSSR count). The third-order valence-electron chi connectivity index (χ3n) is 3.90. The number of hydrogen-bond donors (Lipinski definition) is 1. The Morgan fingerprint density at radius 2 is 1.78 bits per heavy atom. The molecule has 0 aliphatic carbocycles. The highest BCUT2D eigenvalue weighted by Crippen LogP contribution is 2.17. The quantitative estimate of drug-likeness (QED) is 0.630. The van der Waals surface area contributed by atoms with Crippen molar-refractivity contribution < 1.29 is 9.59 Å². The molecule has 0 spiro atoms. The standard InChI is InChI=1S/C17H25N3O2S/c1-14-3-5-16(6-4-14)23-12-7-18-17(22)13-19-8-10-20(11-9-19)15(2)21/h3-6H,7-13H2,1-2H3,(H,18,22). The summed E-state index contributed by atoms with van der Waals surface area (Å²) in [5.74, 6) is 1.04. The fourth-order valence-electron chi connectivity index (χ4n) is 2.47. The largest absolute Gasteiger partial charge is 0.354 e. The SMILES string of the molecule is CC(=O)N1CCN(CC(=O)NCCSc2ccc(C)cc2)CC1. The minimum atomic E-state index is 0.0609. The van der Waals surface area contributed by atoms with Gasteiger partial charge in [-0.25, -0.2) is 0 Å². The summed E-state index contributed by atoms with van der Waals surface area (Å²) >= 11 is 1.75. The molecule has 0 radical (unpaired) electrons. The van der Waals surface area contributed by atoms with Crippen LogP contribution in [0, 0.1) is 6.92 Å². The highest BCUT2D eigenvalue weighted by molar-refractivity contribution is 7.99. The smallest absolute Gasteiger partial charge is 0.234 e. The number of carbonyl (C=O) groups excluding carboxylic acids is 2. The molecule has 0 atom stereocenters. The van der Waals surface area contributed by atoms with Gasteiger partial charge in [0.1, 0.15) is 0 Å². The lowest BCUT2D eigenvalue weighted by Crippen LogP contribution is -2.50. The van der Waals surface area contributed by atoms with Crippen molar-refractivity contribution in [1.82, 2.24) is 15.1 Å². The van der Waals surface area contributed by atoms with Crippen molar-refractivity contribution >= 4 is 23.6 Å². The van der Waals surface area contributed by atoms with E-state index in [0.29, 0.717) is 26.2 Å². The van der Waals surface area contributed by atoms with Gasteiger partial charge in [-0.1, -0.05) is 17.7 Å². The van der Waals surface area contributed by atoms with Crippen molar-refractivity contribution in [3.05, 3.63) is 29.8 Å². The van der Waals surface area contributed by atoms with E-state index in [1.165, 1.54) is 10.5 Å². The van der Waals surface area contributed by atoms with Gasteiger partial charge < -0.3 is 10.2 Å². The van der Waals surface area contributed by atoms with Crippen LogP contribution in [0.15, 0.2) is 29.2 Å². The summed E-state index contributed by atoms with van der Waals surface area (Å²) in [6.45, 7) is 7.72. The van der Waals surface area contributed by atoms with Crippen molar-refractivity contribution in [1.29, 1.82) is 0 Å². The number of nitrogens with one attached hydrogen (secondary N) is 1. The Balaban J connectivity index is 1.58. The van der Waals surface area contributed by atoms with Crippen LogP contribution in [0.4, 0.5) is 0 Å². The first kappa shape index (κ1) is 17.8. The molecule has 1 aromatic carbocycles. The van der Waals surface area contributed by atoms with Crippen LogP contribution in [-0.2, 0) is 9.59 Å². The topological polar surface area (TPSA) is 52.7 Å². The monoisotopic (exact) mass is 335 g/mol. The van der Waals surface area contributed by atoms with Crippen LogP contribution in [0.2, 0.25) is 0 Å². The summed E-state index contributed by atoms with van der Waals surface area (Å²) in [7, 11) is 0. The molecule has 1 aromatic rings. The second-order valence-corrected chi connectivity index (χ2v) is 6.96. The maximum absolute atomic E-state index is 11.9. The van der Waals surface area contributed by atoms with Crippen LogP contribution in [0.3, 0.4) is 0 Å². The highest BCUT2D eigenvalue weighted by atomic mass is 32.2. The van der Waals surface area contributed by atoms with E-state index in [9.17, 15) is 9.59 Å². The van der Waals surface area contributed by atoms with Crippen LogP contribution in [0.1, 0.15) is 12.5 Å². The molecule has 0 bridgehead atoms. The number of thioether (sulfide) groups is 1. The van der Waals surface area contributed by atoms with Crippen molar-refractivity contribution in [2.24, 2.45) is 0 Å².